The van der Waals surface area contributed by atoms with E-state index in [2.05, 4.69) is 19.9 Å². The van der Waals surface area contributed by atoms with Crippen molar-refractivity contribution >= 4 is 34.3 Å². The Balaban J connectivity index is 1.61. The summed E-state index contributed by atoms with van der Waals surface area (Å²) in [4.78, 5) is 32.6. The summed E-state index contributed by atoms with van der Waals surface area (Å²) in [6.07, 6.45) is 2.77. The second-order valence-electron chi connectivity index (χ2n) is 7.46. The molecular weight excluding hydrogens is 382 g/mol. The molecule has 150 valence electrons. The lowest BCUT2D eigenvalue weighted by Crippen LogP contribution is -2.37. The van der Waals surface area contributed by atoms with Crippen LogP contribution in [0.4, 0.5) is 5.69 Å². The third-order valence-electron chi connectivity index (χ3n) is 5.36. The lowest BCUT2D eigenvalue weighted by molar-refractivity contribution is -0.116. The molecule has 1 amide bonds. The maximum Gasteiger partial charge on any atom is 0.262 e. The van der Waals surface area contributed by atoms with E-state index in [1.54, 1.807) is 4.57 Å². The summed E-state index contributed by atoms with van der Waals surface area (Å²) in [5, 5.41) is 1.25. The van der Waals surface area contributed by atoms with Gasteiger partial charge in [-0.2, -0.15) is 0 Å². The molecule has 5 nitrogen and oxygen atoms in total. The molecule has 29 heavy (non-hydrogen) atoms. The first-order valence-electron chi connectivity index (χ1n) is 10.1. The van der Waals surface area contributed by atoms with Crippen LogP contribution in [0.1, 0.15) is 32.3 Å². The van der Waals surface area contributed by atoms with Gasteiger partial charge in [-0.3, -0.25) is 14.2 Å². The minimum Gasteiger partial charge on any atom is -0.308 e. The van der Waals surface area contributed by atoms with Gasteiger partial charge in [-0.1, -0.05) is 55.4 Å². The number of hydrogen-bond acceptors (Lipinski definition) is 4. The highest BCUT2D eigenvalue weighted by Gasteiger charge is 2.30. The van der Waals surface area contributed by atoms with E-state index in [9.17, 15) is 9.59 Å². The van der Waals surface area contributed by atoms with Gasteiger partial charge >= 0.3 is 0 Å². The number of para-hydroxylation sites is 2. The average molecular weight is 408 g/mol. The number of anilines is 1. The molecule has 4 rings (SSSR count). The monoisotopic (exact) mass is 407 g/mol. The molecular formula is C23H25N3O2S. The summed E-state index contributed by atoms with van der Waals surface area (Å²) < 4.78 is 1.73. The quantitative estimate of drug-likeness (QED) is 0.452. The fourth-order valence-corrected chi connectivity index (χ4v) is 4.80. The van der Waals surface area contributed by atoms with Gasteiger partial charge in [0.2, 0.25) is 5.91 Å². The summed E-state index contributed by atoms with van der Waals surface area (Å²) in [5.74, 6) is 0.312. The van der Waals surface area contributed by atoms with Crippen molar-refractivity contribution in [3.63, 3.8) is 0 Å². The average Bonchev–Trinajstić information content (AvgIpc) is 3.07. The second kappa shape index (κ2) is 8.41. The number of nitrogens with zero attached hydrogens (tertiary/aromatic N) is 3. The maximum atomic E-state index is 13.1. The Morgan fingerprint density at radius 3 is 2.76 bits per heavy atom. The van der Waals surface area contributed by atoms with E-state index >= 15 is 0 Å². The molecule has 0 fully saturated rings. The first kappa shape index (κ1) is 19.7. The van der Waals surface area contributed by atoms with Crippen LogP contribution in [-0.2, 0) is 17.8 Å². The fraction of sp³-hybridized carbons (Fsp3) is 0.348. The van der Waals surface area contributed by atoms with Crippen LogP contribution in [0, 0.1) is 0 Å². The van der Waals surface area contributed by atoms with Gasteiger partial charge in [0.1, 0.15) is 0 Å². The van der Waals surface area contributed by atoms with E-state index < -0.39 is 0 Å². The summed E-state index contributed by atoms with van der Waals surface area (Å²) >= 11 is 1.36. The van der Waals surface area contributed by atoms with Crippen LogP contribution in [0.25, 0.3) is 10.9 Å². The van der Waals surface area contributed by atoms with Crippen molar-refractivity contribution < 1.29 is 4.79 Å². The molecule has 0 bridgehead atoms. The van der Waals surface area contributed by atoms with Gasteiger partial charge in [-0.15, -0.1) is 0 Å². The van der Waals surface area contributed by atoms with Crippen LogP contribution in [-0.4, -0.2) is 27.3 Å². The SMILES string of the molecule is CCCCn1c(SCC(=O)N2c3ccccc3CC2C)nc2ccccc2c1=O. The Morgan fingerprint density at radius 2 is 1.93 bits per heavy atom. The number of benzene rings is 2. The number of amides is 1. The minimum absolute atomic E-state index is 0.0288. The number of carbonyl (C=O) groups is 1. The van der Waals surface area contributed by atoms with Gasteiger partial charge in [0.25, 0.3) is 5.56 Å². The summed E-state index contributed by atoms with van der Waals surface area (Å²) in [7, 11) is 0. The predicted octanol–water partition coefficient (Wildman–Crippen LogP) is 4.27. The molecule has 0 saturated carbocycles. The van der Waals surface area contributed by atoms with E-state index in [1.807, 2.05) is 47.4 Å². The molecule has 1 aromatic heterocycles. The third-order valence-corrected chi connectivity index (χ3v) is 6.32. The smallest absolute Gasteiger partial charge is 0.262 e. The number of rotatable bonds is 6. The normalized spacial score (nSPS) is 15.7. The molecule has 3 aromatic rings. The first-order chi connectivity index (χ1) is 14.1. The predicted molar refractivity (Wildman–Crippen MR) is 119 cm³/mol. The minimum atomic E-state index is -0.0288. The topological polar surface area (TPSA) is 55.2 Å². The van der Waals surface area contributed by atoms with Crippen LogP contribution in [0.15, 0.2) is 58.5 Å². The van der Waals surface area contributed by atoms with E-state index in [0.29, 0.717) is 22.6 Å². The van der Waals surface area contributed by atoms with Gasteiger partial charge in [0.05, 0.1) is 16.7 Å². The van der Waals surface area contributed by atoms with E-state index in [-0.39, 0.29) is 23.3 Å². The zero-order valence-electron chi connectivity index (χ0n) is 16.8. The van der Waals surface area contributed by atoms with Crippen LogP contribution in [0.2, 0.25) is 0 Å². The number of fused-ring (bicyclic) bond motifs is 2. The van der Waals surface area contributed by atoms with Gasteiger partial charge in [0, 0.05) is 18.3 Å². The summed E-state index contributed by atoms with van der Waals surface area (Å²) in [6, 6.07) is 15.6. The van der Waals surface area contributed by atoms with Gasteiger partial charge in [-0.05, 0) is 43.5 Å². The molecule has 1 unspecified atom stereocenters. The Morgan fingerprint density at radius 1 is 1.17 bits per heavy atom. The zero-order chi connectivity index (χ0) is 20.4. The summed E-state index contributed by atoms with van der Waals surface area (Å²) in [5.41, 5.74) is 2.86. The van der Waals surface area contributed by atoms with Crippen LogP contribution >= 0.6 is 11.8 Å². The lowest BCUT2D eigenvalue weighted by Gasteiger charge is -2.22. The Labute approximate surface area is 174 Å². The van der Waals surface area contributed by atoms with Crippen molar-refractivity contribution in [2.75, 3.05) is 10.7 Å². The number of carbonyl (C=O) groups excluding carboxylic acids is 1. The molecule has 0 aliphatic carbocycles. The van der Waals surface area contributed by atoms with Crippen LogP contribution in [0.5, 0.6) is 0 Å². The molecule has 2 aromatic carbocycles. The molecule has 0 N–H and O–H groups in total. The van der Waals surface area contributed by atoms with Crippen molar-refractivity contribution in [1.82, 2.24) is 9.55 Å². The van der Waals surface area contributed by atoms with E-state index in [1.165, 1.54) is 17.3 Å². The molecule has 0 spiro atoms. The maximum absolute atomic E-state index is 13.1. The van der Waals surface area contributed by atoms with Crippen LogP contribution in [0.3, 0.4) is 0 Å². The van der Waals surface area contributed by atoms with Crippen LogP contribution < -0.4 is 10.5 Å². The fourth-order valence-electron chi connectivity index (χ4n) is 3.91. The summed E-state index contributed by atoms with van der Waals surface area (Å²) in [6.45, 7) is 4.79. The van der Waals surface area contributed by atoms with Crippen molar-refractivity contribution in [3.05, 3.63) is 64.4 Å². The van der Waals surface area contributed by atoms with Crippen molar-refractivity contribution in [3.8, 4) is 0 Å². The molecule has 1 atom stereocenters. The second-order valence-corrected chi connectivity index (χ2v) is 8.40. The van der Waals surface area contributed by atoms with Crippen molar-refractivity contribution in [2.45, 2.75) is 50.9 Å². The Kier molecular flexibility index (Phi) is 5.72. The van der Waals surface area contributed by atoms with Gasteiger partial charge < -0.3 is 4.90 Å². The van der Waals surface area contributed by atoms with Gasteiger partial charge in [0.15, 0.2) is 5.16 Å². The van der Waals surface area contributed by atoms with Gasteiger partial charge in [-0.25, -0.2) is 4.98 Å². The highest BCUT2D eigenvalue weighted by molar-refractivity contribution is 7.99. The largest absolute Gasteiger partial charge is 0.308 e. The standard InChI is InChI=1S/C23H25N3O2S/c1-3-4-13-25-22(28)18-10-6-7-11-19(18)24-23(25)29-15-21(27)26-16(2)14-17-9-5-8-12-20(17)26/h5-12,16H,3-4,13-15H2,1-2H3. The number of unbranched alkanes of at least 4 members (excludes halogenated alkanes) is 1. The molecule has 0 saturated heterocycles. The lowest BCUT2D eigenvalue weighted by atomic mass is 10.1. The zero-order valence-corrected chi connectivity index (χ0v) is 17.6. The van der Waals surface area contributed by atoms with E-state index in [4.69, 9.17) is 4.98 Å². The van der Waals surface area contributed by atoms with Crippen molar-refractivity contribution in [2.24, 2.45) is 0 Å². The molecule has 0 radical (unpaired) electrons. The first-order valence-corrected chi connectivity index (χ1v) is 11.1. The van der Waals surface area contributed by atoms with Crippen molar-refractivity contribution in [1.29, 1.82) is 0 Å². The Bertz CT molecular complexity index is 1110. The molecule has 6 heteroatoms. The molecule has 1 aliphatic rings. The highest BCUT2D eigenvalue weighted by atomic mass is 32.2. The highest BCUT2D eigenvalue weighted by Crippen LogP contribution is 2.32. The molecule has 2 heterocycles. The van der Waals surface area contributed by atoms with E-state index in [0.717, 1.165) is 24.9 Å². The third kappa shape index (κ3) is 3.81. The number of thioether (sulfide) groups is 1. The number of hydrogen-bond donors (Lipinski definition) is 0. The number of aromatic nitrogens is 2. The molecule has 1 aliphatic heterocycles. The Hall–Kier alpha value is -2.60.